The quantitative estimate of drug-likeness (QED) is 0.413. The van der Waals surface area contributed by atoms with E-state index in [1.807, 2.05) is 37.3 Å². The highest BCUT2D eigenvalue weighted by molar-refractivity contribution is 7.80. The van der Waals surface area contributed by atoms with Crippen molar-refractivity contribution in [3.05, 3.63) is 88.8 Å². The first-order valence-electron chi connectivity index (χ1n) is 10.1. The number of benzene rings is 3. The van der Waals surface area contributed by atoms with Gasteiger partial charge in [0, 0.05) is 17.7 Å². The maximum atomic E-state index is 12.3. The highest BCUT2D eigenvalue weighted by Crippen LogP contribution is 2.23. The number of aryl methyl sites for hydroxylation is 2. The number of carbonyl (C=O) groups is 1. The summed E-state index contributed by atoms with van der Waals surface area (Å²) in [7, 11) is 1.58. The predicted octanol–water partition coefficient (Wildman–Crippen LogP) is 5.17. The number of carbonyl (C=O) groups excluding carboxylic acids is 1. The highest BCUT2D eigenvalue weighted by Gasteiger charge is 2.11. The molecule has 1 aromatic heterocycles. The summed E-state index contributed by atoms with van der Waals surface area (Å²) in [5, 5.41) is 5.93. The van der Waals surface area contributed by atoms with Gasteiger partial charge in [0.1, 0.15) is 11.3 Å². The van der Waals surface area contributed by atoms with E-state index in [2.05, 4.69) is 28.6 Å². The lowest BCUT2D eigenvalue weighted by atomic mass is 10.1. The minimum absolute atomic E-state index is 0.225. The zero-order chi connectivity index (χ0) is 22.7. The molecule has 1 amide bonds. The van der Waals surface area contributed by atoms with Crippen LogP contribution in [-0.4, -0.2) is 23.1 Å². The molecule has 0 aliphatic rings. The first-order valence-corrected chi connectivity index (χ1v) is 10.5. The summed E-state index contributed by atoms with van der Waals surface area (Å²) in [4.78, 5) is 16.9. The molecule has 2 N–H and O–H groups in total. The molecule has 0 spiro atoms. The highest BCUT2D eigenvalue weighted by atomic mass is 32.1. The number of nitrogens with zero attached hydrogens (tertiary/aromatic N) is 1. The maximum Gasteiger partial charge on any atom is 0.257 e. The average molecular weight is 446 g/mol. The molecule has 0 atom stereocenters. The van der Waals surface area contributed by atoms with Crippen molar-refractivity contribution in [1.29, 1.82) is 0 Å². The van der Waals surface area contributed by atoms with Gasteiger partial charge in [0.25, 0.3) is 5.91 Å². The molecule has 4 aromatic rings. The van der Waals surface area contributed by atoms with E-state index >= 15 is 0 Å². The van der Waals surface area contributed by atoms with Gasteiger partial charge in [-0.3, -0.25) is 10.1 Å². The number of amides is 1. The second kappa shape index (κ2) is 9.20. The summed E-state index contributed by atoms with van der Waals surface area (Å²) in [6.07, 6.45) is 0.589. The number of anilines is 1. The molecular formula is C25H23N3O3S. The fourth-order valence-corrected chi connectivity index (χ4v) is 3.67. The maximum absolute atomic E-state index is 12.3. The van der Waals surface area contributed by atoms with E-state index in [9.17, 15) is 4.79 Å². The molecule has 0 saturated carbocycles. The molecule has 0 radical (unpaired) electrons. The Kier molecular flexibility index (Phi) is 6.18. The van der Waals surface area contributed by atoms with E-state index < -0.39 is 0 Å². The van der Waals surface area contributed by atoms with Crippen LogP contribution in [0.15, 0.2) is 65.1 Å². The second-order valence-corrected chi connectivity index (χ2v) is 7.96. The molecule has 1 heterocycles. The zero-order valence-electron chi connectivity index (χ0n) is 18.1. The van der Waals surface area contributed by atoms with Crippen LogP contribution >= 0.6 is 12.2 Å². The van der Waals surface area contributed by atoms with E-state index in [0.717, 1.165) is 27.9 Å². The van der Waals surface area contributed by atoms with E-state index in [4.69, 9.17) is 21.4 Å². The fourth-order valence-electron chi connectivity index (χ4n) is 3.46. The number of hydrogen-bond donors (Lipinski definition) is 2. The van der Waals surface area contributed by atoms with E-state index in [1.165, 1.54) is 5.56 Å². The second-order valence-electron chi connectivity index (χ2n) is 7.55. The Morgan fingerprint density at radius 1 is 1.06 bits per heavy atom. The smallest absolute Gasteiger partial charge is 0.257 e. The number of methoxy groups -OCH3 is 1. The third-order valence-electron chi connectivity index (χ3n) is 5.01. The topological polar surface area (TPSA) is 76.4 Å². The largest absolute Gasteiger partial charge is 0.497 e. The van der Waals surface area contributed by atoms with Crippen LogP contribution in [0.3, 0.4) is 0 Å². The predicted molar refractivity (Wildman–Crippen MR) is 129 cm³/mol. The third kappa shape index (κ3) is 4.95. The van der Waals surface area contributed by atoms with Crippen molar-refractivity contribution < 1.29 is 13.9 Å². The SMILES string of the molecule is COc1ccc(C(=O)NC(=S)Nc2ccc(Cc3nc4cc(C)cc(C)c4o3)cc2)cc1. The van der Waals surface area contributed by atoms with Crippen molar-refractivity contribution in [2.45, 2.75) is 20.3 Å². The number of aromatic nitrogens is 1. The molecule has 6 nitrogen and oxygen atoms in total. The lowest BCUT2D eigenvalue weighted by Crippen LogP contribution is -2.34. The van der Waals surface area contributed by atoms with Crippen LogP contribution in [0.25, 0.3) is 11.1 Å². The van der Waals surface area contributed by atoms with Crippen LogP contribution in [0.2, 0.25) is 0 Å². The third-order valence-corrected chi connectivity index (χ3v) is 5.21. The molecule has 7 heteroatoms. The summed E-state index contributed by atoms with van der Waals surface area (Å²) in [6, 6.07) is 18.7. The first kappa shape index (κ1) is 21.5. The molecule has 0 fully saturated rings. The van der Waals surface area contributed by atoms with Crippen LogP contribution in [-0.2, 0) is 6.42 Å². The van der Waals surface area contributed by atoms with Crippen LogP contribution in [0, 0.1) is 13.8 Å². The molecule has 32 heavy (non-hydrogen) atoms. The van der Waals surface area contributed by atoms with Crippen molar-refractivity contribution in [2.75, 3.05) is 12.4 Å². The average Bonchev–Trinajstić information content (AvgIpc) is 3.17. The normalized spacial score (nSPS) is 10.7. The summed E-state index contributed by atoms with van der Waals surface area (Å²) < 4.78 is 11.1. The van der Waals surface area contributed by atoms with E-state index in [0.29, 0.717) is 23.6 Å². The molecular weight excluding hydrogens is 422 g/mol. The van der Waals surface area contributed by atoms with Gasteiger partial charge < -0.3 is 14.5 Å². The number of thiocarbonyl (C=S) groups is 1. The number of ether oxygens (including phenoxy) is 1. The Morgan fingerprint density at radius 2 is 1.78 bits per heavy atom. The minimum Gasteiger partial charge on any atom is -0.497 e. The first-order chi connectivity index (χ1) is 15.4. The summed E-state index contributed by atoms with van der Waals surface area (Å²) >= 11 is 5.27. The van der Waals surface area contributed by atoms with Crippen molar-refractivity contribution in [1.82, 2.24) is 10.3 Å². The van der Waals surface area contributed by atoms with Gasteiger partial charge >= 0.3 is 0 Å². The molecule has 0 unspecified atom stereocenters. The number of rotatable bonds is 5. The molecule has 0 saturated heterocycles. The Bertz CT molecular complexity index is 1280. The van der Waals surface area contributed by atoms with Gasteiger partial charge in [-0.2, -0.15) is 0 Å². The summed E-state index contributed by atoms with van der Waals surface area (Å²) in [5.41, 5.74) is 6.30. The Labute approximate surface area is 191 Å². The van der Waals surface area contributed by atoms with E-state index in [1.54, 1.807) is 31.4 Å². The van der Waals surface area contributed by atoms with Gasteiger partial charge in [0.2, 0.25) is 0 Å². The molecule has 3 aromatic carbocycles. The van der Waals surface area contributed by atoms with Gasteiger partial charge in [0.15, 0.2) is 16.6 Å². The van der Waals surface area contributed by atoms with Crippen molar-refractivity contribution in [2.24, 2.45) is 0 Å². The Morgan fingerprint density at radius 3 is 2.47 bits per heavy atom. The van der Waals surface area contributed by atoms with Crippen LogP contribution < -0.4 is 15.4 Å². The number of hydrogen-bond acceptors (Lipinski definition) is 5. The summed E-state index contributed by atoms with van der Waals surface area (Å²) in [6.45, 7) is 4.08. The van der Waals surface area contributed by atoms with Gasteiger partial charge in [-0.1, -0.05) is 18.2 Å². The fraction of sp³-hybridized carbons (Fsp3) is 0.160. The standard InChI is InChI=1S/C25H23N3O3S/c1-15-12-16(2)23-21(13-15)27-22(31-23)14-17-4-8-19(9-5-17)26-25(32)28-24(29)18-6-10-20(30-3)11-7-18/h4-13H,14H2,1-3H3,(H2,26,28,29,32). The lowest BCUT2D eigenvalue weighted by Gasteiger charge is -2.10. The molecule has 162 valence electrons. The van der Waals surface area contributed by atoms with Gasteiger partial charge in [-0.25, -0.2) is 4.98 Å². The summed E-state index contributed by atoms with van der Waals surface area (Å²) in [5.74, 6) is 1.07. The van der Waals surface area contributed by atoms with Gasteiger partial charge in [-0.05, 0) is 85.2 Å². The van der Waals surface area contributed by atoms with Crippen LogP contribution in [0.4, 0.5) is 5.69 Å². The lowest BCUT2D eigenvalue weighted by molar-refractivity contribution is 0.0977. The minimum atomic E-state index is -0.289. The van der Waals surface area contributed by atoms with Crippen molar-refractivity contribution in [3.63, 3.8) is 0 Å². The van der Waals surface area contributed by atoms with E-state index in [-0.39, 0.29) is 11.0 Å². The van der Waals surface area contributed by atoms with Gasteiger partial charge in [-0.15, -0.1) is 0 Å². The van der Waals surface area contributed by atoms with Crippen LogP contribution in [0.5, 0.6) is 5.75 Å². The van der Waals surface area contributed by atoms with Gasteiger partial charge in [0.05, 0.1) is 7.11 Å². The monoisotopic (exact) mass is 445 g/mol. The molecule has 0 aliphatic heterocycles. The zero-order valence-corrected chi connectivity index (χ0v) is 18.9. The van der Waals surface area contributed by atoms with Crippen molar-refractivity contribution in [3.8, 4) is 5.75 Å². The molecule has 4 rings (SSSR count). The number of fused-ring (bicyclic) bond motifs is 1. The van der Waals surface area contributed by atoms with Crippen molar-refractivity contribution >= 4 is 40.0 Å². The van der Waals surface area contributed by atoms with Crippen LogP contribution in [0.1, 0.15) is 32.9 Å². The molecule has 0 aliphatic carbocycles. The number of nitrogens with one attached hydrogen (secondary N) is 2. The molecule has 0 bridgehead atoms. The Balaban J connectivity index is 1.36. The number of oxazole rings is 1. The Hall–Kier alpha value is -3.71.